The lowest BCUT2D eigenvalue weighted by Gasteiger charge is -2.25. The molecular formula is C19H26N2O2S. The standard InChI is InChI=1S/C19H26N2O2S/c1-14-6-9-17(10-7-14)19(21(4)5)13-20-24(22,23)18-11-8-15(2)16(3)12-18/h6-12,19-20H,13H2,1-5H3. The van der Waals surface area contributed by atoms with Gasteiger partial charge in [0.2, 0.25) is 10.0 Å². The van der Waals surface area contributed by atoms with Crippen LogP contribution in [0.25, 0.3) is 0 Å². The monoisotopic (exact) mass is 346 g/mol. The molecule has 1 atom stereocenters. The highest BCUT2D eigenvalue weighted by Crippen LogP contribution is 2.20. The summed E-state index contributed by atoms with van der Waals surface area (Å²) in [4.78, 5) is 2.33. The lowest BCUT2D eigenvalue weighted by Crippen LogP contribution is -2.34. The van der Waals surface area contributed by atoms with Crippen LogP contribution in [0.3, 0.4) is 0 Å². The molecule has 0 fully saturated rings. The van der Waals surface area contributed by atoms with Crippen molar-refractivity contribution in [1.29, 1.82) is 0 Å². The predicted molar refractivity (Wildman–Crippen MR) is 98.7 cm³/mol. The molecule has 0 saturated carbocycles. The third-order valence-corrected chi connectivity index (χ3v) is 5.76. The molecule has 0 saturated heterocycles. The molecule has 0 aliphatic rings. The molecule has 0 aliphatic carbocycles. The zero-order chi connectivity index (χ0) is 17.9. The molecule has 2 aromatic rings. The van der Waals surface area contributed by atoms with Crippen LogP contribution in [-0.2, 0) is 10.0 Å². The molecule has 2 rings (SSSR count). The van der Waals surface area contributed by atoms with Gasteiger partial charge in [-0.15, -0.1) is 0 Å². The van der Waals surface area contributed by atoms with E-state index >= 15 is 0 Å². The topological polar surface area (TPSA) is 49.4 Å². The van der Waals surface area contributed by atoms with Crippen LogP contribution in [0.2, 0.25) is 0 Å². The maximum absolute atomic E-state index is 12.6. The molecule has 1 unspecified atom stereocenters. The van der Waals surface area contributed by atoms with Crippen LogP contribution in [0.4, 0.5) is 0 Å². The normalized spacial score (nSPS) is 13.2. The summed E-state index contributed by atoms with van der Waals surface area (Å²) in [7, 11) is 0.385. The predicted octanol–water partition coefficient (Wildman–Crippen LogP) is 3.19. The summed E-state index contributed by atoms with van der Waals surface area (Å²) < 4.78 is 27.9. The molecule has 0 spiro atoms. The van der Waals surface area contributed by atoms with Gasteiger partial charge in [0.1, 0.15) is 0 Å². The van der Waals surface area contributed by atoms with Crippen molar-refractivity contribution in [1.82, 2.24) is 9.62 Å². The number of hydrogen-bond acceptors (Lipinski definition) is 3. The summed E-state index contributed by atoms with van der Waals surface area (Å²) >= 11 is 0. The van der Waals surface area contributed by atoms with Gasteiger partial charge in [-0.3, -0.25) is 0 Å². The van der Waals surface area contributed by atoms with Gasteiger partial charge >= 0.3 is 0 Å². The number of likely N-dealkylation sites (N-methyl/N-ethyl adjacent to an activating group) is 1. The first-order valence-electron chi connectivity index (χ1n) is 8.00. The van der Waals surface area contributed by atoms with Crippen molar-refractivity contribution in [2.75, 3.05) is 20.6 Å². The van der Waals surface area contributed by atoms with Gasteiger partial charge in [-0.05, 0) is 63.7 Å². The van der Waals surface area contributed by atoms with Crippen molar-refractivity contribution >= 4 is 10.0 Å². The second kappa shape index (κ2) is 7.47. The Labute approximate surface area is 145 Å². The van der Waals surface area contributed by atoms with Crippen LogP contribution >= 0.6 is 0 Å². The van der Waals surface area contributed by atoms with Gasteiger partial charge in [-0.2, -0.15) is 0 Å². The van der Waals surface area contributed by atoms with Crippen LogP contribution in [0.15, 0.2) is 47.4 Å². The largest absolute Gasteiger partial charge is 0.301 e. The molecule has 0 radical (unpaired) electrons. The van der Waals surface area contributed by atoms with E-state index in [1.807, 2.05) is 70.1 Å². The van der Waals surface area contributed by atoms with Crippen LogP contribution in [-0.4, -0.2) is 34.0 Å². The Balaban J connectivity index is 2.18. The number of nitrogens with one attached hydrogen (secondary N) is 1. The van der Waals surface area contributed by atoms with Crippen LogP contribution in [0.1, 0.15) is 28.3 Å². The van der Waals surface area contributed by atoms with E-state index in [4.69, 9.17) is 0 Å². The highest BCUT2D eigenvalue weighted by Gasteiger charge is 2.20. The Kier molecular flexibility index (Phi) is 5.80. The van der Waals surface area contributed by atoms with E-state index in [1.54, 1.807) is 12.1 Å². The maximum Gasteiger partial charge on any atom is 0.240 e. The van der Waals surface area contributed by atoms with Gasteiger partial charge in [-0.25, -0.2) is 13.1 Å². The van der Waals surface area contributed by atoms with E-state index in [-0.39, 0.29) is 6.04 Å². The molecule has 0 amide bonds. The summed E-state index contributed by atoms with van der Waals surface area (Å²) in [5, 5.41) is 0. The fourth-order valence-electron chi connectivity index (χ4n) is 2.54. The minimum atomic E-state index is -3.52. The summed E-state index contributed by atoms with van der Waals surface area (Å²) in [6.07, 6.45) is 0. The second-order valence-corrected chi connectivity index (χ2v) is 8.26. The van der Waals surface area contributed by atoms with Crippen LogP contribution in [0, 0.1) is 20.8 Å². The van der Waals surface area contributed by atoms with Gasteiger partial charge in [0.15, 0.2) is 0 Å². The first kappa shape index (κ1) is 18.6. The first-order valence-corrected chi connectivity index (χ1v) is 9.49. The summed E-state index contributed by atoms with van der Waals surface area (Å²) in [5.74, 6) is 0. The lowest BCUT2D eigenvalue weighted by atomic mass is 10.0. The maximum atomic E-state index is 12.6. The van der Waals surface area contributed by atoms with E-state index < -0.39 is 10.0 Å². The number of aryl methyl sites for hydroxylation is 3. The molecule has 4 nitrogen and oxygen atoms in total. The Morgan fingerprint density at radius 1 is 0.958 bits per heavy atom. The highest BCUT2D eigenvalue weighted by molar-refractivity contribution is 7.89. The summed E-state index contributed by atoms with van der Waals surface area (Å²) in [5.41, 5.74) is 4.33. The molecule has 0 heterocycles. The fourth-order valence-corrected chi connectivity index (χ4v) is 3.66. The SMILES string of the molecule is Cc1ccc(C(CNS(=O)(=O)c2ccc(C)c(C)c2)N(C)C)cc1. The van der Waals surface area contributed by atoms with Gasteiger partial charge in [0.25, 0.3) is 0 Å². The van der Waals surface area contributed by atoms with Gasteiger partial charge in [0, 0.05) is 12.6 Å². The van der Waals surface area contributed by atoms with E-state index in [0.29, 0.717) is 11.4 Å². The van der Waals surface area contributed by atoms with Gasteiger partial charge < -0.3 is 4.90 Å². The van der Waals surface area contributed by atoms with Crippen molar-refractivity contribution in [3.05, 3.63) is 64.7 Å². The molecule has 0 bridgehead atoms. The average molecular weight is 346 g/mol. The molecule has 5 heteroatoms. The van der Waals surface area contributed by atoms with Crippen molar-refractivity contribution in [2.24, 2.45) is 0 Å². The van der Waals surface area contributed by atoms with Crippen molar-refractivity contribution in [2.45, 2.75) is 31.7 Å². The van der Waals surface area contributed by atoms with E-state index in [1.165, 1.54) is 5.56 Å². The fraction of sp³-hybridized carbons (Fsp3) is 0.368. The van der Waals surface area contributed by atoms with Gasteiger partial charge in [0.05, 0.1) is 4.90 Å². The van der Waals surface area contributed by atoms with Crippen molar-refractivity contribution in [3.63, 3.8) is 0 Å². The summed E-state index contributed by atoms with van der Waals surface area (Å²) in [6, 6.07) is 13.4. The van der Waals surface area contributed by atoms with Gasteiger partial charge in [-0.1, -0.05) is 35.9 Å². The molecule has 24 heavy (non-hydrogen) atoms. The average Bonchev–Trinajstić information content (AvgIpc) is 2.51. The zero-order valence-electron chi connectivity index (χ0n) is 15.0. The molecule has 130 valence electrons. The Morgan fingerprint density at radius 3 is 2.12 bits per heavy atom. The Bertz CT molecular complexity index is 797. The number of nitrogens with zero attached hydrogens (tertiary/aromatic N) is 1. The molecule has 0 aromatic heterocycles. The zero-order valence-corrected chi connectivity index (χ0v) is 15.8. The number of hydrogen-bond donors (Lipinski definition) is 1. The smallest absolute Gasteiger partial charge is 0.240 e. The summed E-state index contributed by atoms with van der Waals surface area (Å²) in [6.45, 7) is 6.25. The number of benzene rings is 2. The quantitative estimate of drug-likeness (QED) is 0.874. The van der Waals surface area contributed by atoms with Crippen molar-refractivity contribution < 1.29 is 8.42 Å². The molecular weight excluding hydrogens is 320 g/mol. The molecule has 1 N–H and O–H groups in total. The molecule has 0 aliphatic heterocycles. The minimum absolute atomic E-state index is 0.0214. The van der Waals surface area contributed by atoms with E-state index in [2.05, 4.69) is 4.72 Å². The first-order chi connectivity index (χ1) is 11.2. The van der Waals surface area contributed by atoms with Crippen LogP contribution in [0.5, 0.6) is 0 Å². The Morgan fingerprint density at radius 2 is 1.58 bits per heavy atom. The third kappa shape index (κ3) is 4.44. The third-order valence-electron chi connectivity index (χ3n) is 4.34. The van der Waals surface area contributed by atoms with E-state index in [0.717, 1.165) is 16.7 Å². The second-order valence-electron chi connectivity index (χ2n) is 6.49. The number of sulfonamides is 1. The highest BCUT2D eigenvalue weighted by atomic mass is 32.2. The number of rotatable bonds is 6. The van der Waals surface area contributed by atoms with Crippen LogP contribution < -0.4 is 4.72 Å². The van der Waals surface area contributed by atoms with Crippen molar-refractivity contribution in [3.8, 4) is 0 Å². The Hall–Kier alpha value is -1.69. The van der Waals surface area contributed by atoms with E-state index in [9.17, 15) is 8.42 Å². The lowest BCUT2D eigenvalue weighted by molar-refractivity contribution is 0.299. The molecule has 2 aromatic carbocycles. The minimum Gasteiger partial charge on any atom is -0.301 e.